The lowest BCUT2D eigenvalue weighted by atomic mass is 9.95. The molecule has 0 aliphatic heterocycles. The molecule has 0 aromatic carbocycles. The minimum atomic E-state index is -0.863. The van der Waals surface area contributed by atoms with E-state index in [1.165, 1.54) is 12.3 Å². The third-order valence-electron chi connectivity index (χ3n) is 2.20. The van der Waals surface area contributed by atoms with E-state index < -0.39 is 18.0 Å². The van der Waals surface area contributed by atoms with Crippen molar-refractivity contribution in [3.8, 4) is 0 Å². The molecule has 1 rings (SSSR count). The summed E-state index contributed by atoms with van der Waals surface area (Å²) < 4.78 is 12.8. The molecule has 0 amide bonds. The number of hydrogen-bond acceptors (Lipinski definition) is 3. The lowest BCUT2D eigenvalue weighted by molar-refractivity contribution is 0.125. The molecule has 1 aromatic rings. The van der Waals surface area contributed by atoms with Crippen molar-refractivity contribution in [2.45, 2.75) is 26.0 Å². The van der Waals surface area contributed by atoms with E-state index in [0.717, 1.165) is 6.20 Å². The van der Waals surface area contributed by atoms with E-state index in [0.29, 0.717) is 5.56 Å². The number of rotatable bonds is 3. The highest BCUT2D eigenvalue weighted by atomic mass is 19.1. The van der Waals surface area contributed by atoms with Gasteiger partial charge < -0.3 is 10.8 Å². The number of halogens is 1. The molecule has 14 heavy (non-hydrogen) atoms. The first-order valence-corrected chi connectivity index (χ1v) is 4.56. The molecule has 0 spiro atoms. The van der Waals surface area contributed by atoms with Gasteiger partial charge in [-0.25, -0.2) is 4.39 Å². The van der Waals surface area contributed by atoms with Crippen LogP contribution in [0.15, 0.2) is 18.5 Å². The molecule has 1 heterocycles. The Hall–Kier alpha value is -1.00. The molecule has 0 unspecified atom stereocenters. The normalized spacial score (nSPS) is 15.6. The van der Waals surface area contributed by atoms with E-state index in [9.17, 15) is 9.50 Å². The highest BCUT2D eigenvalue weighted by Gasteiger charge is 2.20. The van der Waals surface area contributed by atoms with Crippen LogP contribution in [0.1, 0.15) is 25.5 Å². The number of aromatic nitrogens is 1. The molecule has 0 aliphatic rings. The van der Waals surface area contributed by atoms with Gasteiger partial charge >= 0.3 is 0 Å². The lowest BCUT2D eigenvalue weighted by Crippen LogP contribution is -2.33. The predicted octanol–water partition coefficient (Wildman–Crippen LogP) is 1.24. The molecule has 1 aromatic heterocycles. The molecule has 3 nitrogen and oxygen atoms in total. The van der Waals surface area contributed by atoms with Gasteiger partial charge in [0.2, 0.25) is 0 Å². The van der Waals surface area contributed by atoms with Gasteiger partial charge in [0.1, 0.15) is 5.82 Å². The Bertz CT molecular complexity index is 304. The molecular weight excluding hydrogens is 183 g/mol. The fourth-order valence-electron chi connectivity index (χ4n) is 1.18. The van der Waals surface area contributed by atoms with Gasteiger partial charge in [-0.1, -0.05) is 13.8 Å². The second-order valence-electron chi connectivity index (χ2n) is 3.70. The first-order chi connectivity index (χ1) is 6.52. The van der Waals surface area contributed by atoms with Crippen LogP contribution in [0.4, 0.5) is 4.39 Å². The van der Waals surface area contributed by atoms with Crippen molar-refractivity contribution in [3.63, 3.8) is 0 Å². The highest BCUT2D eigenvalue weighted by molar-refractivity contribution is 5.15. The van der Waals surface area contributed by atoms with Crippen molar-refractivity contribution >= 4 is 0 Å². The van der Waals surface area contributed by atoms with Crippen molar-refractivity contribution in [1.29, 1.82) is 0 Å². The fourth-order valence-corrected chi connectivity index (χ4v) is 1.18. The first-order valence-electron chi connectivity index (χ1n) is 4.56. The quantitative estimate of drug-likeness (QED) is 0.768. The summed E-state index contributed by atoms with van der Waals surface area (Å²) >= 11 is 0. The van der Waals surface area contributed by atoms with Gasteiger partial charge in [-0.15, -0.1) is 0 Å². The molecule has 0 aliphatic carbocycles. The Morgan fingerprint density at radius 3 is 2.57 bits per heavy atom. The van der Waals surface area contributed by atoms with Gasteiger partial charge in [-0.2, -0.15) is 0 Å². The summed E-state index contributed by atoms with van der Waals surface area (Å²) in [6, 6.07) is 0.846. The Morgan fingerprint density at radius 1 is 1.43 bits per heavy atom. The van der Waals surface area contributed by atoms with Crippen LogP contribution in [0.3, 0.4) is 0 Å². The third-order valence-corrected chi connectivity index (χ3v) is 2.20. The van der Waals surface area contributed by atoms with Gasteiger partial charge in [0, 0.05) is 17.8 Å². The fraction of sp³-hybridized carbons (Fsp3) is 0.500. The summed E-state index contributed by atoms with van der Waals surface area (Å²) in [6.07, 6.45) is 1.66. The summed E-state index contributed by atoms with van der Waals surface area (Å²) in [5.74, 6) is -0.328. The van der Waals surface area contributed by atoms with E-state index in [-0.39, 0.29) is 5.92 Å². The minimum Gasteiger partial charge on any atom is -0.387 e. The Morgan fingerprint density at radius 2 is 2.07 bits per heavy atom. The first kappa shape index (κ1) is 11.1. The third kappa shape index (κ3) is 2.49. The molecule has 0 bridgehead atoms. The number of hydrogen-bond donors (Lipinski definition) is 2. The molecular formula is C10H15FN2O. The maximum Gasteiger partial charge on any atom is 0.141 e. The second kappa shape index (κ2) is 4.48. The van der Waals surface area contributed by atoms with E-state index in [1.54, 1.807) is 0 Å². The van der Waals surface area contributed by atoms with Crippen LogP contribution in [0, 0.1) is 11.7 Å². The van der Waals surface area contributed by atoms with Crippen LogP contribution in [0.25, 0.3) is 0 Å². The Labute approximate surface area is 82.8 Å². The molecule has 0 fully saturated rings. The molecule has 0 saturated heterocycles. The van der Waals surface area contributed by atoms with Crippen molar-refractivity contribution in [3.05, 3.63) is 29.8 Å². The summed E-state index contributed by atoms with van der Waals surface area (Å²) in [5, 5.41) is 9.75. The predicted molar refractivity (Wildman–Crippen MR) is 52.0 cm³/mol. The van der Waals surface area contributed by atoms with E-state index in [2.05, 4.69) is 4.98 Å². The van der Waals surface area contributed by atoms with E-state index >= 15 is 0 Å². The molecule has 0 saturated carbocycles. The Kier molecular flexibility index (Phi) is 3.55. The van der Waals surface area contributed by atoms with Crippen LogP contribution < -0.4 is 5.73 Å². The van der Waals surface area contributed by atoms with E-state index in [1.807, 2.05) is 13.8 Å². The molecule has 0 radical (unpaired) electrons. The van der Waals surface area contributed by atoms with Crippen LogP contribution in [-0.4, -0.2) is 16.1 Å². The zero-order valence-electron chi connectivity index (χ0n) is 8.31. The van der Waals surface area contributed by atoms with Crippen molar-refractivity contribution in [1.82, 2.24) is 4.98 Å². The summed E-state index contributed by atoms with van der Waals surface area (Å²) in [7, 11) is 0. The van der Waals surface area contributed by atoms with Crippen LogP contribution >= 0.6 is 0 Å². The minimum absolute atomic E-state index is 0.133. The van der Waals surface area contributed by atoms with Gasteiger partial charge in [0.05, 0.1) is 12.3 Å². The number of nitrogens with zero attached hydrogens (tertiary/aromatic N) is 1. The van der Waals surface area contributed by atoms with E-state index in [4.69, 9.17) is 5.73 Å². The lowest BCUT2D eigenvalue weighted by Gasteiger charge is -2.22. The van der Waals surface area contributed by atoms with Crippen molar-refractivity contribution in [2.24, 2.45) is 11.7 Å². The van der Waals surface area contributed by atoms with Crippen LogP contribution in [0.2, 0.25) is 0 Å². The highest BCUT2D eigenvalue weighted by Crippen LogP contribution is 2.19. The van der Waals surface area contributed by atoms with Gasteiger partial charge in [0.25, 0.3) is 0 Å². The Balaban J connectivity index is 2.83. The summed E-state index contributed by atoms with van der Waals surface area (Å²) in [4.78, 5) is 3.66. The standard InChI is InChI=1S/C10H15FN2O/c1-6(2)9(12)10(14)7-3-8(11)5-13-4-7/h3-6,9-10,14H,12H2,1-2H3/t9-,10+/m0/s1. The zero-order valence-corrected chi connectivity index (χ0v) is 8.31. The van der Waals surface area contributed by atoms with Crippen LogP contribution in [-0.2, 0) is 0 Å². The van der Waals surface area contributed by atoms with Crippen LogP contribution in [0.5, 0.6) is 0 Å². The smallest absolute Gasteiger partial charge is 0.141 e. The zero-order chi connectivity index (χ0) is 10.7. The number of pyridine rings is 1. The monoisotopic (exact) mass is 198 g/mol. The SMILES string of the molecule is CC(C)[C@H](N)[C@H](O)c1cncc(F)c1. The van der Waals surface area contributed by atoms with Crippen molar-refractivity contribution in [2.75, 3.05) is 0 Å². The van der Waals surface area contributed by atoms with Gasteiger partial charge in [-0.05, 0) is 12.0 Å². The average molecular weight is 198 g/mol. The molecule has 4 heteroatoms. The molecule has 3 N–H and O–H groups in total. The van der Waals surface area contributed by atoms with Gasteiger partial charge in [0.15, 0.2) is 0 Å². The number of nitrogens with two attached hydrogens (primary N) is 1. The summed E-state index contributed by atoms with van der Waals surface area (Å²) in [5.41, 5.74) is 6.16. The van der Waals surface area contributed by atoms with Gasteiger partial charge in [-0.3, -0.25) is 4.98 Å². The maximum absolute atomic E-state index is 12.8. The maximum atomic E-state index is 12.8. The summed E-state index contributed by atoms with van der Waals surface area (Å²) in [6.45, 7) is 3.81. The van der Waals surface area contributed by atoms with Crippen molar-refractivity contribution < 1.29 is 9.50 Å². The second-order valence-corrected chi connectivity index (χ2v) is 3.70. The number of aliphatic hydroxyl groups excluding tert-OH is 1. The molecule has 2 atom stereocenters. The molecule has 78 valence electrons. The topological polar surface area (TPSA) is 59.1 Å². The number of aliphatic hydroxyl groups is 1. The average Bonchev–Trinajstić information content (AvgIpc) is 2.15. The largest absolute Gasteiger partial charge is 0.387 e.